The number of nitrogens with one attached hydrogen (secondary N) is 1. The van der Waals surface area contributed by atoms with E-state index in [1.54, 1.807) is 0 Å². The van der Waals surface area contributed by atoms with E-state index in [1.165, 1.54) is 29.7 Å². The van der Waals surface area contributed by atoms with Crippen molar-refractivity contribution >= 4 is 28.3 Å². The number of nitrogens with zero attached hydrogens (tertiary/aromatic N) is 8. The molecule has 4 rings (SSSR count). The second-order valence-electron chi connectivity index (χ2n) is 4.63. The third kappa shape index (κ3) is 1.82. The van der Waals surface area contributed by atoms with Crippen LogP contribution in [0.3, 0.4) is 0 Å². The topological polar surface area (TPSA) is 180 Å². The molecule has 0 radical (unpaired) electrons. The Morgan fingerprint density at radius 3 is 2.67 bits per heavy atom. The third-order valence-corrected chi connectivity index (χ3v) is 3.26. The molecule has 0 aromatic carbocycles. The first-order valence-corrected chi connectivity index (χ1v) is 6.53. The number of aromatic amines is 1. The maximum atomic E-state index is 11.9. The normalized spacial score (nSPS) is 11.2. The van der Waals surface area contributed by atoms with Crippen molar-refractivity contribution in [2.45, 2.75) is 0 Å². The molecule has 0 bridgehead atoms. The van der Waals surface area contributed by atoms with E-state index in [1.807, 2.05) is 0 Å². The Bertz CT molecular complexity index is 1190. The van der Waals surface area contributed by atoms with Gasteiger partial charge in [0.1, 0.15) is 6.33 Å². The second kappa shape index (κ2) is 4.82. The van der Waals surface area contributed by atoms with E-state index in [9.17, 15) is 9.59 Å². The molecule has 13 nitrogen and oxygen atoms in total. The number of aromatic nitrogens is 8. The van der Waals surface area contributed by atoms with Gasteiger partial charge in [0.2, 0.25) is 5.95 Å². The highest BCUT2D eigenvalue weighted by Crippen LogP contribution is 2.10. The van der Waals surface area contributed by atoms with Gasteiger partial charge in [0.25, 0.3) is 5.56 Å². The molecular formula is C11H9N11O2. The van der Waals surface area contributed by atoms with E-state index in [-0.39, 0.29) is 28.3 Å². The summed E-state index contributed by atoms with van der Waals surface area (Å²) in [5.74, 6) is 5.85. The summed E-state index contributed by atoms with van der Waals surface area (Å²) in [6.07, 6.45) is 5.20. The van der Waals surface area contributed by atoms with Gasteiger partial charge in [0, 0.05) is 12.4 Å². The predicted molar refractivity (Wildman–Crippen MR) is 82.0 cm³/mol. The van der Waals surface area contributed by atoms with Crippen molar-refractivity contribution in [2.24, 2.45) is 5.84 Å². The molecule has 120 valence electrons. The van der Waals surface area contributed by atoms with Crippen molar-refractivity contribution < 1.29 is 0 Å². The lowest BCUT2D eigenvalue weighted by molar-refractivity contribution is 0.544. The molecule has 0 aliphatic rings. The van der Waals surface area contributed by atoms with Crippen LogP contribution in [0.2, 0.25) is 0 Å². The van der Waals surface area contributed by atoms with Crippen LogP contribution in [0, 0.1) is 0 Å². The van der Waals surface area contributed by atoms with E-state index >= 15 is 0 Å². The zero-order chi connectivity index (χ0) is 16.8. The van der Waals surface area contributed by atoms with Crippen molar-refractivity contribution in [3.63, 3.8) is 0 Å². The summed E-state index contributed by atoms with van der Waals surface area (Å²) in [6, 6.07) is 0. The van der Waals surface area contributed by atoms with Gasteiger partial charge in [-0.2, -0.15) is 14.3 Å². The number of anilines is 1. The molecule has 0 amide bonds. The van der Waals surface area contributed by atoms with Crippen LogP contribution in [0.1, 0.15) is 0 Å². The van der Waals surface area contributed by atoms with Crippen molar-refractivity contribution in [3.05, 3.63) is 45.8 Å². The monoisotopic (exact) mass is 327 g/mol. The average Bonchev–Trinajstić information content (AvgIpc) is 3.00. The lowest BCUT2D eigenvalue weighted by Crippen LogP contribution is -2.47. The Morgan fingerprint density at radius 2 is 1.83 bits per heavy atom. The fraction of sp³-hybridized carbons (Fsp3) is 0. The Balaban J connectivity index is 2.02. The van der Waals surface area contributed by atoms with Gasteiger partial charge < -0.3 is 10.7 Å². The molecule has 0 saturated carbocycles. The molecule has 4 aromatic heterocycles. The standard InChI is InChI=1S/C11H9N11O2/c12-11-19-10(24)6-8(15-2-1-14-6)21(11)22(13)20-4-18-5-7(20)16-3-17-9(5)23/h1-4H,13H2,(H2,12,19,24)(H,16,17,23). The largest absolute Gasteiger partial charge is 0.368 e. The number of hydrazine groups is 1. The lowest BCUT2D eigenvalue weighted by Gasteiger charge is -2.23. The van der Waals surface area contributed by atoms with E-state index in [0.29, 0.717) is 0 Å². The summed E-state index contributed by atoms with van der Waals surface area (Å²) in [7, 11) is 0. The Hall–Kier alpha value is -3.87. The molecule has 13 heteroatoms. The maximum absolute atomic E-state index is 11.9. The molecule has 4 heterocycles. The van der Waals surface area contributed by atoms with E-state index in [0.717, 1.165) is 9.90 Å². The number of rotatable bonds is 2. The SMILES string of the molecule is Nc1nc(=O)c2nccnc2n1N(N)n1cnc2c(=O)[nH]cnc21. The summed E-state index contributed by atoms with van der Waals surface area (Å²) >= 11 is 0. The predicted octanol–water partition coefficient (Wildman–Crippen LogP) is -2.52. The molecule has 0 spiro atoms. The quantitative estimate of drug-likeness (QED) is 0.262. The molecule has 5 N–H and O–H groups in total. The van der Waals surface area contributed by atoms with Crippen LogP contribution in [0.25, 0.3) is 22.3 Å². The molecule has 0 saturated heterocycles. The van der Waals surface area contributed by atoms with Crippen molar-refractivity contribution in [1.29, 1.82) is 0 Å². The Morgan fingerprint density at radius 1 is 1.04 bits per heavy atom. The number of H-pyrrole nitrogens is 1. The number of imidazole rings is 1. The minimum Gasteiger partial charge on any atom is -0.368 e. The van der Waals surface area contributed by atoms with Crippen molar-refractivity contribution in [3.8, 4) is 0 Å². The summed E-state index contributed by atoms with van der Waals surface area (Å²) in [5.41, 5.74) is 5.07. The van der Waals surface area contributed by atoms with E-state index in [2.05, 4.69) is 29.9 Å². The molecule has 0 unspecified atom stereocenters. The minimum atomic E-state index is -0.634. The summed E-state index contributed by atoms with van der Waals surface area (Å²) < 4.78 is 2.40. The van der Waals surface area contributed by atoms with Gasteiger partial charge in [-0.3, -0.25) is 9.59 Å². The van der Waals surface area contributed by atoms with Gasteiger partial charge in [-0.1, -0.05) is 0 Å². The van der Waals surface area contributed by atoms with Crippen LogP contribution in [-0.4, -0.2) is 39.3 Å². The number of nitrogen functional groups attached to an aromatic ring is 1. The summed E-state index contributed by atoms with van der Waals surface area (Å²) in [6.45, 7) is 0. The highest BCUT2D eigenvalue weighted by atomic mass is 16.1. The average molecular weight is 327 g/mol. The number of hydrogen-bond acceptors (Lipinski definition) is 10. The number of nitrogens with two attached hydrogens (primary N) is 2. The van der Waals surface area contributed by atoms with Gasteiger partial charge in [-0.05, 0) is 0 Å². The van der Waals surface area contributed by atoms with Crippen LogP contribution < -0.4 is 27.9 Å². The smallest absolute Gasteiger partial charge is 0.302 e. The van der Waals surface area contributed by atoms with Gasteiger partial charge in [-0.15, -0.1) is 5.23 Å². The van der Waals surface area contributed by atoms with Crippen LogP contribution in [0.5, 0.6) is 0 Å². The molecule has 0 aliphatic carbocycles. The fourth-order valence-electron chi connectivity index (χ4n) is 2.23. The molecule has 0 aliphatic heterocycles. The Labute approximate surface area is 131 Å². The van der Waals surface area contributed by atoms with Gasteiger partial charge in [0.05, 0.1) is 6.33 Å². The number of hydrogen-bond donors (Lipinski definition) is 3. The summed E-state index contributed by atoms with van der Waals surface area (Å²) in [4.78, 5) is 45.7. The van der Waals surface area contributed by atoms with E-state index in [4.69, 9.17) is 11.6 Å². The second-order valence-corrected chi connectivity index (χ2v) is 4.63. The summed E-state index contributed by atoms with van der Waals surface area (Å²) in [5, 5.41) is 0.973. The maximum Gasteiger partial charge on any atom is 0.302 e. The molecule has 0 fully saturated rings. The molecular weight excluding hydrogens is 318 g/mol. The minimum absolute atomic E-state index is 0.0163. The van der Waals surface area contributed by atoms with Crippen LogP contribution in [-0.2, 0) is 0 Å². The van der Waals surface area contributed by atoms with Gasteiger partial charge in [0.15, 0.2) is 22.3 Å². The van der Waals surface area contributed by atoms with E-state index < -0.39 is 11.1 Å². The number of fused-ring (bicyclic) bond motifs is 2. The zero-order valence-corrected chi connectivity index (χ0v) is 11.9. The van der Waals surface area contributed by atoms with Crippen LogP contribution >= 0.6 is 0 Å². The first-order valence-electron chi connectivity index (χ1n) is 6.53. The first-order chi connectivity index (χ1) is 11.6. The fourth-order valence-corrected chi connectivity index (χ4v) is 2.23. The highest BCUT2D eigenvalue weighted by molar-refractivity contribution is 5.72. The van der Waals surface area contributed by atoms with Crippen LogP contribution in [0.4, 0.5) is 5.95 Å². The van der Waals surface area contributed by atoms with Gasteiger partial charge in [-0.25, -0.2) is 25.8 Å². The molecule has 0 atom stereocenters. The van der Waals surface area contributed by atoms with Crippen molar-refractivity contribution in [1.82, 2.24) is 39.3 Å². The van der Waals surface area contributed by atoms with Crippen molar-refractivity contribution in [2.75, 3.05) is 11.0 Å². The first kappa shape index (κ1) is 13.8. The Kier molecular flexibility index (Phi) is 2.76. The van der Waals surface area contributed by atoms with Gasteiger partial charge >= 0.3 is 5.56 Å². The lowest BCUT2D eigenvalue weighted by atomic mass is 10.5. The zero-order valence-electron chi connectivity index (χ0n) is 11.9. The third-order valence-electron chi connectivity index (χ3n) is 3.26. The van der Waals surface area contributed by atoms with Crippen LogP contribution in [0.15, 0.2) is 34.6 Å². The molecule has 24 heavy (non-hydrogen) atoms. The molecule has 4 aromatic rings. The highest BCUT2D eigenvalue weighted by Gasteiger charge is 2.18.